The van der Waals surface area contributed by atoms with E-state index in [9.17, 15) is 0 Å². The van der Waals surface area contributed by atoms with E-state index in [4.69, 9.17) is 4.52 Å². The number of hydrogen-bond acceptors (Lipinski definition) is 6. The molecule has 0 saturated heterocycles. The van der Waals surface area contributed by atoms with Crippen molar-refractivity contribution in [1.29, 1.82) is 0 Å². The van der Waals surface area contributed by atoms with Crippen molar-refractivity contribution in [3.8, 4) is 11.4 Å². The molecule has 6 heteroatoms. The molecule has 1 unspecified atom stereocenters. The quantitative estimate of drug-likeness (QED) is 0.471. The third-order valence-electron chi connectivity index (χ3n) is 4.99. The van der Waals surface area contributed by atoms with Crippen LogP contribution in [0.15, 0.2) is 57.7 Å². The standard InChI is InChI=1S/C21H19N3OS2/c1-14-4-6-15(7-5-14)21-22-19(25-23-21)13-24-10-8-17-16(9-12-27-17)20(24)18-3-2-11-26-18/h2-7,9,11-12,20H,8,10,13H2,1H3. The van der Waals surface area contributed by atoms with Gasteiger partial charge in [0.2, 0.25) is 11.7 Å². The minimum atomic E-state index is 0.273. The Labute approximate surface area is 166 Å². The lowest BCUT2D eigenvalue weighted by Crippen LogP contribution is -2.34. The lowest BCUT2D eigenvalue weighted by Gasteiger charge is -2.34. The number of hydrogen-bond donors (Lipinski definition) is 0. The van der Waals surface area contributed by atoms with E-state index in [0.717, 1.165) is 18.5 Å². The zero-order chi connectivity index (χ0) is 18.2. The maximum absolute atomic E-state index is 5.59. The van der Waals surface area contributed by atoms with Crippen molar-refractivity contribution in [2.24, 2.45) is 0 Å². The van der Waals surface area contributed by atoms with Crippen LogP contribution >= 0.6 is 22.7 Å². The Morgan fingerprint density at radius 2 is 2.00 bits per heavy atom. The van der Waals surface area contributed by atoms with Gasteiger partial charge in [-0.3, -0.25) is 4.90 Å². The van der Waals surface area contributed by atoms with Crippen LogP contribution in [0.4, 0.5) is 0 Å². The highest BCUT2D eigenvalue weighted by molar-refractivity contribution is 7.10. The van der Waals surface area contributed by atoms with E-state index in [1.807, 2.05) is 34.8 Å². The molecular formula is C21H19N3OS2. The van der Waals surface area contributed by atoms with E-state index in [0.29, 0.717) is 18.3 Å². The maximum atomic E-state index is 5.59. The number of rotatable bonds is 4. The van der Waals surface area contributed by atoms with Crippen molar-refractivity contribution in [2.45, 2.75) is 25.9 Å². The van der Waals surface area contributed by atoms with Crippen molar-refractivity contribution in [3.63, 3.8) is 0 Å². The van der Waals surface area contributed by atoms with Gasteiger partial charge in [-0.05, 0) is 41.8 Å². The van der Waals surface area contributed by atoms with Gasteiger partial charge in [0.1, 0.15) is 0 Å². The number of aromatic nitrogens is 2. The average molecular weight is 394 g/mol. The summed E-state index contributed by atoms with van der Waals surface area (Å²) in [7, 11) is 0. The number of aryl methyl sites for hydroxylation is 1. The summed E-state index contributed by atoms with van der Waals surface area (Å²) in [6, 6.07) is 15.1. The normalized spacial score (nSPS) is 17.1. The second kappa shape index (κ2) is 7.03. The van der Waals surface area contributed by atoms with Crippen LogP contribution in [0, 0.1) is 6.92 Å². The molecule has 0 aliphatic carbocycles. The second-order valence-electron chi connectivity index (χ2n) is 6.82. The lowest BCUT2D eigenvalue weighted by molar-refractivity contribution is 0.181. The summed E-state index contributed by atoms with van der Waals surface area (Å²) < 4.78 is 5.59. The molecule has 0 fully saturated rings. The predicted octanol–water partition coefficient (Wildman–Crippen LogP) is 5.32. The Hall–Kier alpha value is -2.28. The van der Waals surface area contributed by atoms with E-state index >= 15 is 0 Å². The Bertz CT molecular complexity index is 1030. The molecule has 4 heterocycles. The SMILES string of the molecule is Cc1ccc(-c2noc(CN3CCc4sccc4C3c3cccs3)n2)cc1. The first-order valence-electron chi connectivity index (χ1n) is 9.01. The molecule has 0 N–H and O–H groups in total. The highest BCUT2D eigenvalue weighted by Crippen LogP contribution is 2.40. The topological polar surface area (TPSA) is 42.2 Å². The zero-order valence-electron chi connectivity index (χ0n) is 15.0. The van der Waals surface area contributed by atoms with Gasteiger partial charge in [0.25, 0.3) is 0 Å². The van der Waals surface area contributed by atoms with Crippen LogP contribution in [-0.2, 0) is 13.0 Å². The fraction of sp³-hybridized carbons (Fsp3) is 0.238. The number of thiophene rings is 2. The first-order chi connectivity index (χ1) is 13.3. The minimum Gasteiger partial charge on any atom is -0.338 e. The molecule has 0 radical (unpaired) electrons. The van der Waals surface area contributed by atoms with Crippen molar-refractivity contribution in [3.05, 3.63) is 80.0 Å². The first-order valence-corrected chi connectivity index (χ1v) is 10.8. The molecular weight excluding hydrogens is 374 g/mol. The Morgan fingerprint density at radius 1 is 1.11 bits per heavy atom. The van der Waals surface area contributed by atoms with Gasteiger partial charge in [-0.25, -0.2) is 0 Å². The third kappa shape index (κ3) is 3.25. The van der Waals surface area contributed by atoms with Crippen molar-refractivity contribution < 1.29 is 4.52 Å². The van der Waals surface area contributed by atoms with Crippen LogP contribution in [0.2, 0.25) is 0 Å². The highest BCUT2D eigenvalue weighted by atomic mass is 32.1. The monoisotopic (exact) mass is 393 g/mol. The Kier molecular flexibility index (Phi) is 4.39. The summed E-state index contributed by atoms with van der Waals surface area (Å²) in [6.07, 6.45) is 1.08. The molecule has 0 amide bonds. The van der Waals surface area contributed by atoms with E-state index in [1.165, 1.54) is 20.9 Å². The van der Waals surface area contributed by atoms with Gasteiger partial charge < -0.3 is 4.52 Å². The molecule has 4 aromatic rings. The molecule has 1 aliphatic heterocycles. The molecule has 0 bridgehead atoms. The Balaban J connectivity index is 1.42. The fourth-order valence-electron chi connectivity index (χ4n) is 3.63. The fourth-order valence-corrected chi connectivity index (χ4v) is 5.41. The maximum Gasteiger partial charge on any atom is 0.241 e. The number of fused-ring (bicyclic) bond motifs is 1. The van der Waals surface area contributed by atoms with Gasteiger partial charge in [0.15, 0.2) is 0 Å². The molecule has 4 nitrogen and oxygen atoms in total. The molecule has 0 spiro atoms. The van der Waals surface area contributed by atoms with Crippen LogP contribution in [0.3, 0.4) is 0 Å². The third-order valence-corrected chi connectivity index (χ3v) is 6.92. The van der Waals surface area contributed by atoms with E-state index in [1.54, 1.807) is 0 Å². The summed E-state index contributed by atoms with van der Waals surface area (Å²) in [5.74, 6) is 1.33. The van der Waals surface area contributed by atoms with Gasteiger partial charge in [-0.1, -0.05) is 41.1 Å². The highest BCUT2D eigenvalue weighted by Gasteiger charge is 2.31. The van der Waals surface area contributed by atoms with Crippen molar-refractivity contribution in [2.75, 3.05) is 6.54 Å². The van der Waals surface area contributed by atoms with Gasteiger partial charge >= 0.3 is 0 Å². The molecule has 0 saturated carbocycles. The van der Waals surface area contributed by atoms with Crippen molar-refractivity contribution >= 4 is 22.7 Å². The summed E-state index contributed by atoms with van der Waals surface area (Å²) in [5, 5.41) is 8.55. The van der Waals surface area contributed by atoms with Gasteiger partial charge in [-0.2, -0.15) is 4.98 Å². The average Bonchev–Trinajstić information content (AvgIpc) is 3.44. The summed E-state index contributed by atoms with van der Waals surface area (Å²) in [4.78, 5) is 9.97. The van der Waals surface area contributed by atoms with Crippen molar-refractivity contribution in [1.82, 2.24) is 15.0 Å². The van der Waals surface area contributed by atoms with Crippen LogP contribution < -0.4 is 0 Å². The largest absolute Gasteiger partial charge is 0.338 e. The zero-order valence-corrected chi connectivity index (χ0v) is 16.6. The minimum absolute atomic E-state index is 0.273. The van der Waals surface area contributed by atoms with Gasteiger partial charge in [0.05, 0.1) is 12.6 Å². The van der Waals surface area contributed by atoms with Crippen LogP contribution in [-0.4, -0.2) is 21.6 Å². The van der Waals surface area contributed by atoms with E-state index in [-0.39, 0.29) is 6.04 Å². The first kappa shape index (κ1) is 16.9. The van der Waals surface area contributed by atoms with Gasteiger partial charge in [0, 0.05) is 21.9 Å². The summed E-state index contributed by atoms with van der Waals surface area (Å²) in [6.45, 7) is 3.74. The molecule has 1 atom stereocenters. The molecule has 3 aromatic heterocycles. The molecule has 5 rings (SSSR count). The number of benzene rings is 1. The predicted molar refractivity (Wildman–Crippen MR) is 109 cm³/mol. The van der Waals surface area contributed by atoms with E-state index < -0.39 is 0 Å². The smallest absolute Gasteiger partial charge is 0.241 e. The summed E-state index contributed by atoms with van der Waals surface area (Å²) in [5.41, 5.74) is 3.64. The van der Waals surface area contributed by atoms with Crippen LogP contribution in [0.1, 0.15) is 32.8 Å². The number of nitrogens with zero attached hydrogens (tertiary/aromatic N) is 3. The van der Waals surface area contributed by atoms with E-state index in [2.05, 4.69) is 63.1 Å². The summed E-state index contributed by atoms with van der Waals surface area (Å²) >= 11 is 3.67. The molecule has 27 heavy (non-hydrogen) atoms. The molecule has 1 aliphatic rings. The van der Waals surface area contributed by atoms with Gasteiger partial charge in [-0.15, -0.1) is 22.7 Å². The lowest BCUT2D eigenvalue weighted by atomic mass is 9.98. The van der Waals surface area contributed by atoms with Crippen LogP contribution in [0.25, 0.3) is 11.4 Å². The Morgan fingerprint density at radius 3 is 2.81 bits per heavy atom. The molecule has 136 valence electrons. The second-order valence-corrected chi connectivity index (χ2v) is 8.80. The molecule has 1 aromatic carbocycles. The van der Waals surface area contributed by atoms with Crippen LogP contribution in [0.5, 0.6) is 0 Å².